The molecule has 0 aromatic heterocycles. The number of urea groups is 1. The molecule has 1 aliphatic carbocycles. The SMILES string of the molecule is CCCC1NC(=O)N(CC2(CS)CC2)C1=O. The van der Waals surface area contributed by atoms with Crippen molar-refractivity contribution in [1.29, 1.82) is 0 Å². The molecule has 0 aromatic carbocycles. The zero-order valence-corrected chi connectivity index (χ0v) is 10.4. The molecule has 16 heavy (non-hydrogen) atoms. The first-order valence-electron chi connectivity index (χ1n) is 5.84. The summed E-state index contributed by atoms with van der Waals surface area (Å²) in [7, 11) is 0. The molecule has 3 amide bonds. The van der Waals surface area contributed by atoms with E-state index in [2.05, 4.69) is 17.9 Å². The lowest BCUT2D eigenvalue weighted by Crippen LogP contribution is -2.37. The van der Waals surface area contributed by atoms with E-state index in [1.54, 1.807) is 0 Å². The van der Waals surface area contributed by atoms with Gasteiger partial charge in [0.15, 0.2) is 0 Å². The van der Waals surface area contributed by atoms with Crippen molar-refractivity contribution in [2.45, 2.75) is 38.6 Å². The van der Waals surface area contributed by atoms with Crippen LogP contribution in [-0.4, -0.2) is 35.2 Å². The van der Waals surface area contributed by atoms with E-state index in [0.29, 0.717) is 6.54 Å². The second-order valence-electron chi connectivity index (χ2n) is 4.87. The molecule has 2 fully saturated rings. The van der Waals surface area contributed by atoms with Crippen LogP contribution in [0.4, 0.5) is 4.79 Å². The third-order valence-corrected chi connectivity index (χ3v) is 4.14. The van der Waals surface area contributed by atoms with Crippen molar-refractivity contribution in [3.63, 3.8) is 0 Å². The first-order chi connectivity index (χ1) is 7.62. The molecule has 1 aliphatic heterocycles. The van der Waals surface area contributed by atoms with Gasteiger partial charge < -0.3 is 5.32 Å². The van der Waals surface area contributed by atoms with E-state index < -0.39 is 0 Å². The van der Waals surface area contributed by atoms with Crippen molar-refractivity contribution in [3.8, 4) is 0 Å². The minimum absolute atomic E-state index is 0.0556. The molecular weight excluding hydrogens is 224 g/mol. The summed E-state index contributed by atoms with van der Waals surface area (Å²) >= 11 is 4.29. The van der Waals surface area contributed by atoms with Gasteiger partial charge >= 0.3 is 6.03 Å². The number of imide groups is 1. The molecule has 1 heterocycles. The Kier molecular flexibility index (Phi) is 3.15. The number of nitrogens with one attached hydrogen (secondary N) is 1. The summed E-state index contributed by atoms with van der Waals surface area (Å²) in [6.45, 7) is 2.56. The number of carbonyl (C=O) groups excluding carboxylic acids is 2. The molecule has 0 radical (unpaired) electrons. The van der Waals surface area contributed by atoms with Crippen LogP contribution in [0.1, 0.15) is 32.6 Å². The van der Waals surface area contributed by atoms with Crippen molar-refractivity contribution in [3.05, 3.63) is 0 Å². The molecule has 2 aliphatic rings. The summed E-state index contributed by atoms with van der Waals surface area (Å²) in [6, 6.07) is -0.523. The van der Waals surface area contributed by atoms with Crippen LogP contribution in [0, 0.1) is 5.41 Å². The molecule has 0 spiro atoms. The highest BCUT2D eigenvalue weighted by atomic mass is 32.1. The van der Waals surface area contributed by atoms with Gasteiger partial charge in [-0.2, -0.15) is 12.6 Å². The molecule has 2 rings (SSSR count). The summed E-state index contributed by atoms with van der Waals surface area (Å²) in [6.07, 6.45) is 3.79. The standard InChI is InChI=1S/C11H18N2O2S/c1-2-3-8-9(14)13(10(15)12-8)6-11(7-16)4-5-11/h8,16H,2-7H2,1H3,(H,12,15). The average molecular weight is 242 g/mol. The summed E-state index contributed by atoms with van der Waals surface area (Å²) < 4.78 is 0. The van der Waals surface area contributed by atoms with Crippen LogP contribution >= 0.6 is 12.6 Å². The highest BCUT2D eigenvalue weighted by molar-refractivity contribution is 7.80. The fraction of sp³-hybridized carbons (Fsp3) is 0.818. The molecule has 0 aromatic rings. The van der Waals surface area contributed by atoms with Crippen LogP contribution < -0.4 is 5.32 Å². The summed E-state index contributed by atoms with van der Waals surface area (Å²) in [4.78, 5) is 25.0. The van der Waals surface area contributed by atoms with Crippen LogP contribution in [0.25, 0.3) is 0 Å². The Hall–Kier alpha value is -0.710. The monoisotopic (exact) mass is 242 g/mol. The molecule has 1 atom stereocenters. The quantitative estimate of drug-likeness (QED) is 0.566. The molecular formula is C11H18N2O2S. The van der Waals surface area contributed by atoms with Crippen molar-refractivity contribution < 1.29 is 9.59 Å². The zero-order chi connectivity index (χ0) is 11.8. The zero-order valence-electron chi connectivity index (χ0n) is 9.53. The third kappa shape index (κ3) is 2.05. The van der Waals surface area contributed by atoms with E-state index in [9.17, 15) is 9.59 Å². The smallest absolute Gasteiger partial charge is 0.324 e. The Bertz CT molecular complexity index is 315. The Balaban J connectivity index is 1.99. The maximum Gasteiger partial charge on any atom is 0.324 e. The van der Waals surface area contributed by atoms with Crippen LogP contribution in [0.15, 0.2) is 0 Å². The lowest BCUT2D eigenvalue weighted by molar-refractivity contribution is -0.128. The fourth-order valence-corrected chi connectivity index (χ4v) is 2.51. The van der Waals surface area contributed by atoms with Crippen molar-refractivity contribution in [2.24, 2.45) is 5.41 Å². The third-order valence-electron chi connectivity index (χ3n) is 3.47. The van der Waals surface area contributed by atoms with Gasteiger partial charge in [-0.1, -0.05) is 13.3 Å². The van der Waals surface area contributed by atoms with E-state index in [0.717, 1.165) is 31.4 Å². The molecule has 1 N–H and O–H groups in total. The Morgan fingerprint density at radius 3 is 2.69 bits per heavy atom. The van der Waals surface area contributed by atoms with E-state index in [-0.39, 0.29) is 23.4 Å². The predicted molar refractivity (Wildman–Crippen MR) is 64.5 cm³/mol. The van der Waals surface area contributed by atoms with Crippen LogP contribution in [0.2, 0.25) is 0 Å². The number of hydrogen-bond donors (Lipinski definition) is 2. The number of amides is 3. The second kappa shape index (κ2) is 4.28. The van der Waals surface area contributed by atoms with Gasteiger partial charge in [0.2, 0.25) is 0 Å². The van der Waals surface area contributed by atoms with Gasteiger partial charge in [0.05, 0.1) is 0 Å². The Labute approximate surface area is 101 Å². The lowest BCUT2D eigenvalue weighted by atomic mass is 10.1. The van der Waals surface area contributed by atoms with Gasteiger partial charge in [-0.25, -0.2) is 4.79 Å². The van der Waals surface area contributed by atoms with Crippen LogP contribution in [-0.2, 0) is 4.79 Å². The van der Waals surface area contributed by atoms with Crippen molar-refractivity contribution in [2.75, 3.05) is 12.3 Å². The number of thiol groups is 1. The van der Waals surface area contributed by atoms with Gasteiger partial charge in [0.25, 0.3) is 5.91 Å². The van der Waals surface area contributed by atoms with Crippen molar-refractivity contribution in [1.82, 2.24) is 10.2 Å². The summed E-state index contributed by atoms with van der Waals surface area (Å²) in [5.74, 6) is 0.697. The van der Waals surface area contributed by atoms with Gasteiger partial charge in [-0.3, -0.25) is 9.69 Å². The minimum Gasteiger partial charge on any atom is -0.326 e. The molecule has 1 saturated carbocycles. The number of rotatable bonds is 5. The molecule has 1 saturated heterocycles. The van der Waals surface area contributed by atoms with E-state index in [1.165, 1.54) is 4.90 Å². The number of carbonyl (C=O) groups is 2. The predicted octanol–water partition coefficient (Wildman–Crippen LogP) is 1.42. The maximum absolute atomic E-state index is 11.9. The topological polar surface area (TPSA) is 49.4 Å². The average Bonchev–Trinajstić information content (AvgIpc) is 2.99. The summed E-state index contributed by atoms with van der Waals surface area (Å²) in [5.41, 5.74) is 0.108. The second-order valence-corrected chi connectivity index (χ2v) is 5.19. The first-order valence-corrected chi connectivity index (χ1v) is 6.48. The lowest BCUT2D eigenvalue weighted by Gasteiger charge is -2.19. The van der Waals surface area contributed by atoms with Gasteiger partial charge in [0, 0.05) is 6.54 Å². The molecule has 4 nitrogen and oxygen atoms in total. The summed E-state index contributed by atoms with van der Waals surface area (Å²) in [5, 5.41) is 2.74. The van der Waals surface area contributed by atoms with E-state index in [1.807, 2.05) is 6.92 Å². The molecule has 1 unspecified atom stereocenters. The van der Waals surface area contributed by atoms with Gasteiger partial charge in [-0.05, 0) is 30.4 Å². The number of hydrogen-bond acceptors (Lipinski definition) is 3. The first kappa shape index (κ1) is 11.8. The van der Waals surface area contributed by atoms with E-state index >= 15 is 0 Å². The maximum atomic E-state index is 11.9. The molecule has 5 heteroatoms. The molecule has 0 bridgehead atoms. The Morgan fingerprint density at radius 1 is 1.50 bits per heavy atom. The van der Waals surface area contributed by atoms with Crippen molar-refractivity contribution >= 4 is 24.6 Å². The van der Waals surface area contributed by atoms with Gasteiger partial charge in [0.1, 0.15) is 6.04 Å². The van der Waals surface area contributed by atoms with Crippen LogP contribution in [0.3, 0.4) is 0 Å². The number of nitrogens with zero attached hydrogens (tertiary/aromatic N) is 1. The van der Waals surface area contributed by atoms with Gasteiger partial charge in [-0.15, -0.1) is 0 Å². The molecule has 90 valence electrons. The minimum atomic E-state index is -0.298. The normalized spacial score (nSPS) is 27.1. The van der Waals surface area contributed by atoms with Crippen LogP contribution in [0.5, 0.6) is 0 Å². The largest absolute Gasteiger partial charge is 0.326 e. The van der Waals surface area contributed by atoms with E-state index in [4.69, 9.17) is 0 Å². The fourth-order valence-electron chi connectivity index (χ4n) is 2.09. The highest BCUT2D eigenvalue weighted by Gasteiger charge is 2.48. The Morgan fingerprint density at radius 2 is 2.19 bits per heavy atom. The highest BCUT2D eigenvalue weighted by Crippen LogP contribution is 2.47.